The molecule has 0 saturated heterocycles. The molecule has 0 atom stereocenters. The van der Waals surface area contributed by atoms with Gasteiger partial charge in [-0.15, -0.1) is 0 Å². The van der Waals surface area contributed by atoms with Gasteiger partial charge in [0.2, 0.25) is 0 Å². The second-order valence-electron chi connectivity index (χ2n) is 7.53. The Morgan fingerprint density at radius 3 is 2.53 bits per heavy atom. The first kappa shape index (κ1) is 25.4. The number of ether oxygens (including phenoxy) is 2. The van der Waals surface area contributed by atoms with Gasteiger partial charge in [0.25, 0.3) is 5.91 Å². The van der Waals surface area contributed by atoms with Crippen molar-refractivity contribution in [2.45, 2.75) is 27.4 Å². The Labute approximate surface area is 213 Å². The van der Waals surface area contributed by atoms with Crippen molar-refractivity contribution in [3.05, 3.63) is 91.9 Å². The zero-order valence-corrected chi connectivity index (χ0v) is 21.5. The number of amides is 1. The van der Waals surface area contributed by atoms with Gasteiger partial charge < -0.3 is 14.8 Å². The highest BCUT2D eigenvalue weighted by Crippen LogP contribution is 2.38. The van der Waals surface area contributed by atoms with Crippen LogP contribution in [0.25, 0.3) is 6.08 Å². The fourth-order valence-corrected chi connectivity index (χ4v) is 4.13. The minimum Gasteiger partial charge on any atom is -0.490 e. The molecular formula is C27H24BrClN2O3. The van der Waals surface area contributed by atoms with Crippen molar-refractivity contribution >= 4 is 45.2 Å². The lowest BCUT2D eigenvalue weighted by Gasteiger charge is -2.16. The van der Waals surface area contributed by atoms with Gasteiger partial charge in [0, 0.05) is 0 Å². The van der Waals surface area contributed by atoms with Gasteiger partial charge in [0.05, 0.1) is 21.8 Å². The second kappa shape index (κ2) is 11.7. The highest BCUT2D eigenvalue weighted by atomic mass is 79.9. The first-order valence-corrected chi connectivity index (χ1v) is 11.8. The highest BCUT2D eigenvalue weighted by molar-refractivity contribution is 9.10. The van der Waals surface area contributed by atoms with E-state index in [0.717, 1.165) is 16.7 Å². The molecule has 0 saturated carbocycles. The predicted octanol–water partition coefficient (Wildman–Crippen LogP) is 7.24. The van der Waals surface area contributed by atoms with Gasteiger partial charge in [-0.1, -0.05) is 48.0 Å². The highest BCUT2D eigenvalue weighted by Gasteiger charge is 2.16. The number of nitrogens with zero attached hydrogens (tertiary/aromatic N) is 1. The molecule has 0 unspecified atom stereocenters. The van der Waals surface area contributed by atoms with Crippen LogP contribution in [0, 0.1) is 25.2 Å². The molecule has 3 aromatic rings. The van der Waals surface area contributed by atoms with Crippen LogP contribution in [0.3, 0.4) is 0 Å². The average molecular weight is 540 g/mol. The van der Waals surface area contributed by atoms with Crippen molar-refractivity contribution in [3.63, 3.8) is 0 Å². The summed E-state index contributed by atoms with van der Waals surface area (Å²) in [5.74, 6) is 0.515. The van der Waals surface area contributed by atoms with Crippen LogP contribution < -0.4 is 14.8 Å². The van der Waals surface area contributed by atoms with Crippen LogP contribution in [0.15, 0.2) is 64.6 Å². The maximum Gasteiger partial charge on any atom is 0.266 e. The molecule has 3 rings (SSSR count). The van der Waals surface area contributed by atoms with E-state index in [0.29, 0.717) is 45.5 Å². The Hall–Kier alpha value is -3.27. The van der Waals surface area contributed by atoms with Crippen LogP contribution in [0.2, 0.25) is 5.02 Å². The van der Waals surface area contributed by atoms with Crippen LogP contribution in [-0.2, 0) is 11.4 Å². The number of nitriles is 1. The van der Waals surface area contributed by atoms with Gasteiger partial charge in [-0.05, 0) is 83.2 Å². The summed E-state index contributed by atoms with van der Waals surface area (Å²) in [6, 6.07) is 18.8. The third-order valence-corrected chi connectivity index (χ3v) is 6.01. The third kappa shape index (κ3) is 6.19. The van der Waals surface area contributed by atoms with E-state index in [1.54, 1.807) is 24.3 Å². The molecule has 34 heavy (non-hydrogen) atoms. The number of hydrogen-bond donors (Lipinski definition) is 1. The Morgan fingerprint density at radius 2 is 1.85 bits per heavy atom. The summed E-state index contributed by atoms with van der Waals surface area (Å²) in [5, 5.41) is 12.8. The molecule has 7 heteroatoms. The first-order valence-electron chi connectivity index (χ1n) is 10.7. The molecule has 0 spiro atoms. The van der Waals surface area contributed by atoms with Crippen LogP contribution in [0.1, 0.15) is 29.2 Å². The molecule has 0 bridgehead atoms. The number of halogens is 2. The number of carbonyl (C=O) groups is 1. The lowest BCUT2D eigenvalue weighted by molar-refractivity contribution is -0.112. The first-order chi connectivity index (χ1) is 16.3. The van der Waals surface area contributed by atoms with Gasteiger partial charge >= 0.3 is 0 Å². The van der Waals surface area contributed by atoms with Crippen molar-refractivity contribution in [1.29, 1.82) is 5.26 Å². The zero-order valence-electron chi connectivity index (χ0n) is 19.1. The van der Waals surface area contributed by atoms with E-state index < -0.39 is 5.91 Å². The summed E-state index contributed by atoms with van der Waals surface area (Å²) in [6.45, 7) is 6.55. The molecule has 0 radical (unpaired) electrons. The van der Waals surface area contributed by atoms with Crippen LogP contribution in [0.4, 0.5) is 5.69 Å². The Balaban J connectivity index is 1.88. The van der Waals surface area contributed by atoms with Crippen LogP contribution in [-0.4, -0.2) is 12.5 Å². The van der Waals surface area contributed by atoms with E-state index in [2.05, 4.69) is 21.2 Å². The molecule has 0 aliphatic rings. The van der Waals surface area contributed by atoms with E-state index >= 15 is 0 Å². The third-order valence-electron chi connectivity index (χ3n) is 5.10. The van der Waals surface area contributed by atoms with Crippen molar-refractivity contribution in [3.8, 4) is 17.6 Å². The zero-order chi connectivity index (χ0) is 24.7. The molecule has 0 fully saturated rings. The van der Waals surface area contributed by atoms with Gasteiger partial charge in [-0.25, -0.2) is 0 Å². The molecule has 3 aromatic carbocycles. The number of nitrogens with one attached hydrogen (secondary N) is 1. The summed E-state index contributed by atoms with van der Waals surface area (Å²) in [5.41, 5.74) is 4.03. The number of hydrogen-bond acceptors (Lipinski definition) is 4. The topological polar surface area (TPSA) is 71.3 Å². The minimum atomic E-state index is -0.548. The number of rotatable bonds is 8. The smallest absolute Gasteiger partial charge is 0.266 e. The number of carbonyl (C=O) groups excluding carboxylic acids is 1. The number of aryl methyl sites for hydroxylation is 2. The molecule has 174 valence electrons. The summed E-state index contributed by atoms with van der Waals surface area (Å²) in [7, 11) is 0. The van der Waals surface area contributed by atoms with Crippen molar-refractivity contribution in [1.82, 2.24) is 0 Å². The Kier molecular flexibility index (Phi) is 8.75. The largest absolute Gasteiger partial charge is 0.490 e. The molecule has 1 amide bonds. The molecule has 0 aromatic heterocycles. The molecular weight excluding hydrogens is 516 g/mol. The van der Waals surface area contributed by atoms with Gasteiger partial charge in [0.15, 0.2) is 11.5 Å². The number of anilines is 1. The quantitative estimate of drug-likeness (QED) is 0.242. The number of para-hydroxylation sites is 1. The molecule has 1 N–H and O–H groups in total. The molecule has 5 nitrogen and oxygen atoms in total. The van der Waals surface area contributed by atoms with Gasteiger partial charge in [-0.3, -0.25) is 4.79 Å². The fraction of sp³-hybridized carbons (Fsp3) is 0.185. The van der Waals surface area contributed by atoms with E-state index in [-0.39, 0.29) is 5.57 Å². The molecule has 0 aliphatic heterocycles. The monoisotopic (exact) mass is 538 g/mol. The number of benzene rings is 3. The van der Waals surface area contributed by atoms with E-state index in [1.807, 2.05) is 57.2 Å². The Morgan fingerprint density at radius 1 is 1.12 bits per heavy atom. The minimum absolute atomic E-state index is 0.0674. The SMILES string of the molecule is CCOc1cc(/C=C(\C#N)C(=O)Nc2c(C)cccc2Cl)cc(Br)c1OCc1ccccc1C. The lowest BCUT2D eigenvalue weighted by atomic mass is 10.1. The lowest BCUT2D eigenvalue weighted by Crippen LogP contribution is -2.14. The van der Waals surface area contributed by atoms with Crippen molar-refractivity contribution in [2.75, 3.05) is 11.9 Å². The summed E-state index contributed by atoms with van der Waals surface area (Å²) in [6.07, 6.45) is 1.50. The molecule has 0 aliphatic carbocycles. The van der Waals surface area contributed by atoms with Crippen LogP contribution >= 0.6 is 27.5 Å². The molecule has 0 heterocycles. The van der Waals surface area contributed by atoms with Gasteiger partial charge in [-0.2, -0.15) is 5.26 Å². The fourth-order valence-electron chi connectivity index (χ4n) is 3.28. The van der Waals surface area contributed by atoms with E-state index in [1.165, 1.54) is 6.08 Å². The maximum atomic E-state index is 12.8. The van der Waals surface area contributed by atoms with E-state index in [4.69, 9.17) is 21.1 Å². The summed E-state index contributed by atoms with van der Waals surface area (Å²) in [4.78, 5) is 12.8. The van der Waals surface area contributed by atoms with Gasteiger partial charge in [0.1, 0.15) is 18.2 Å². The predicted molar refractivity (Wildman–Crippen MR) is 139 cm³/mol. The van der Waals surface area contributed by atoms with Crippen molar-refractivity contribution < 1.29 is 14.3 Å². The average Bonchev–Trinajstić information content (AvgIpc) is 2.80. The summed E-state index contributed by atoms with van der Waals surface area (Å²) >= 11 is 9.75. The maximum absolute atomic E-state index is 12.8. The standard InChI is InChI=1S/C27H24BrClN2O3/c1-4-33-24-14-19(13-22(28)26(24)34-16-20-10-6-5-8-17(20)2)12-21(15-30)27(32)31-25-18(3)9-7-11-23(25)29/h5-14H,4,16H2,1-3H3,(H,31,32)/b21-12+. The normalized spacial score (nSPS) is 11.0. The van der Waals surface area contributed by atoms with Crippen molar-refractivity contribution in [2.24, 2.45) is 0 Å². The second-order valence-corrected chi connectivity index (χ2v) is 8.80. The Bertz CT molecular complexity index is 1260. The van der Waals surface area contributed by atoms with E-state index in [9.17, 15) is 10.1 Å². The van der Waals surface area contributed by atoms with Crippen LogP contribution in [0.5, 0.6) is 11.5 Å². The summed E-state index contributed by atoms with van der Waals surface area (Å²) < 4.78 is 12.5.